The molecule has 1 heterocycles. The van der Waals surface area contributed by atoms with Gasteiger partial charge in [-0.2, -0.15) is 0 Å². The number of nitrogens with zero attached hydrogens (tertiary/aromatic N) is 1. The lowest BCUT2D eigenvalue weighted by molar-refractivity contribution is 0.100. The molecule has 0 aromatic heterocycles. The first kappa shape index (κ1) is 13.9. The van der Waals surface area contributed by atoms with Crippen molar-refractivity contribution >= 4 is 11.6 Å². The number of amides is 1. The number of hydrogen-bond donors (Lipinski definition) is 2. The number of piperidine rings is 1. The molecule has 104 valence electrons. The minimum absolute atomic E-state index is 0.344. The van der Waals surface area contributed by atoms with E-state index in [4.69, 9.17) is 5.73 Å². The zero-order chi connectivity index (χ0) is 13.8. The topological polar surface area (TPSA) is 58.4 Å². The second-order valence-electron chi connectivity index (χ2n) is 5.29. The molecule has 2 rings (SSSR count). The van der Waals surface area contributed by atoms with Crippen LogP contribution in [0.5, 0.6) is 0 Å². The van der Waals surface area contributed by atoms with Crippen molar-refractivity contribution in [1.29, 1.82) is 0 Å². The molecular formula is C15H23N3O. The number of rotatable bonds is 4. The van der Waals surface area contributed by atoms with E-state index in [9.17, 15) is 4.79 Å². The lowest BCUT2D eigenvalue weighted by Gasteiger charge is -2.38. The SMILES string of the molecule is CNCC1CCCCN1c1cc(C)ccc1C(N)=O. The zero-order valence-electron chi connectivity index (χ0n) is 11.8. The monoisotopic (exact) mass is 261 g/mol. The Balaban J connectivity index is 2.37. The van der Waals surface area contributed by atoms with Gasteiger partial charge < -0.3 is 16.0 Å². The molecular weight excluding hydrogens is 238 g/mol. The summed E-state index contributed by atoms with van der Waals surface area (Å²) >= 11 is 0. The highest BCUT2D eigenvalue weighted by atomic mass is 16.1. The third-order valence-corrected chi connectivity index (χ3v) is 3.80. The first-order valence-electron chi connectivity index (χ1n) is 6.95. The summed E-state index contributed by atoms with van der Waals surface area (Å²) in [5.41, 5.74) is 8.30. The van der Waals surface area contributed by atoms with Crippen LogP contribution >= 0.6 is 0 Å². The van der Waals surface area contributed by atoms with Crippen molar-refractivity contribution in [2.24, 2.45) is 5.73 Å². The molecule has 1 aromatic carbocycles. The number of nitrogens with one attached hydrogen (secondary N) is 1. The van der Waals surface area contributed by atoms with Crippen molar-refractivity contribution in [1.82, 2.24) is 5.32 Å². The Bertz CT molecular complexity index is 457. The molecule has 1 atom stereocenters. The molecule has 1 saturated heterocycles. The fraction of sp³-hybridized carbons (Fsp3) is 0.533. The van der Waals surface area contributed by atoms with Crippen molar-refractivity contribution in [2.75, 3.05) is 25.0 Å². The largest absolute Gasteiger partial charge is 0.367 e. The summed E-state index contributed by atoms with van der Waals surface area (Å²) in [6, 6.07) is 6.31. The average Bonchev–Trinajstić information content (AvgIpc) is 2.39. The molecule has 1 fully saturated rings. The molecule has 3 N–H and O–H groups in total. The van der Waals surface area contributed by atoms with Crippen molar-refractivity contribution in [2.45, 2.75) is 32.2 Å². The first-order chi connectivity index (χ1) is 9.13. The molecule has 0 radical (unpaired) electrons. The Morgan fingerprint density at radius 2 is 2.26 bits per heavy atom. The number of anilines is 1. The van der Waals surface area contributed by atoms with Gasteiger partial charge in [0.2, 0.25) is 0 Å². The van der Waals surface area contributed by atoms with E-state index in [0.717, 1.165) is 30.8 Å². The quantitative estimate of drug-likeness (QED) is 0.867. The van der Waals surface area contributed by atoms with Crippen molar-refractivity contribution in [3.63, 3.8) is 0 Å². The molecule has 1 aromatic rings. The van der Waals surface area contributed by atoms with Crippen molar-refractivity contribution < 1.29 is 4.79 Å². The second kappa shape index (κ2) is 6.06. The van der Waals surface area contributed by atoms with Crippen LogP contribution in [0, 0.1) is 6.92 Å². The summed E-state index contributed by atoms with van der Waals surface area (Å²) in [7, 11) is 1.97. The number of aryl methyl sites for hydroxylation is 1. The van der Waals surface area contributed by atoms with E-state index in [1.54, 1.807) is 0 Å². The van der Waals surface area contributed by atoms with E-state index >= 15 is 0 Å². The molecule has 0 aliphatic carbocycles. The highest BCUT2D eigenvalue weighted by Gasteiger charge is 2.25. The molecule has 19 heavy (non-hydrogen) atoms. The van der Waals surface area contributed by atoms with Crippen LogP contribution in [0.15, 0.2) is 18.2 Å². The van der Waals surface area contributed by atoms with Gasteiger partial charge in [-0.3, -0.25) is 4.79 Å². The molecule has 0 bridgehead atoms. The molecule has 1 unspecified atom stereocenters. The number of carbonyl (C=O) groups excluding carboxylic acids is 1. The summed E-state index contributed by atoms with van der Waals surface area (Å²) in [6.45, 7) is 3.98. The Hall–Kier alpha value is -1.55. The van der Waals surface area contributed by atoms with Gasteiger partial charge in [-0.1, -0.05) is 6.07 Å². The van der Waals surface area contributed by atoms with Crippen molar-refractivity contribution in [3.8, 4) is 0 Å². The van der Waals surface area contributed by atoms with Crippen LogP contribution in [0.1, 0.15) is 35.2 Å². The Kier molecular flexibility index (Phi) is 4.43. The molecule has 0 saturated carbocycles. The predicted octanol–water partition coefficient (Wildman–Crippen LogP) is 1.67. The fourth-order valence-electron chi connectivity index (χ4n) is 2.85. The summed E-state index contributed by atoms with van der Waals surface area (Å²) in [5, 5.41) is 3.24. The molecule has 0 spiro atoms. The standard InChI is InChI=1S/C15H23N3O/c1-11-6-7-13(15(16)19)14(9-11)18-8-4-3-5-12(18)10-17-2/h6-7,9,12,17H,3-5,8,10H2,1-2H3,(H2,16,19). The molecule has 1 aliphatic rings. The third kappa shape index (κ3) is 3.07. The van der Waals surface area contributed by atoms with Crippen LogP contribution in [-0.4, -0.2) is 32.1 Å². The van der Waals surface area contributed by atoms with Crippen LogP contribution in [0.3, 0.4) is 0 Å². The first-order valence-corrected chi connectivity index (χ1v) is 6.95. The van der Waals surface area contributed by atoms with Crippen LogP contribution in [0.2, 0.25) is 0 Å². The normalized spacial score (nSPS) is 19.5. The van der Waals surface area contributed by atoms with E-state index in [-0.39, 0.29) is 5.91 Å². The summed E-state index contributed by atoms with van der Waals surface area (Å²) < 4.78 is 0. The maximum Gasteiger partial charge on any atom is 0.250 e. The smallest absolute Gasteiger partial charge is 0.250 e. The maximum atomic E-state index is 11.6. The van der Waals surface area contributed by atoms with Gasteiger partial charge in [-0.25, -0.2) is 0 Å². The van der Waals surface area contributed by atoms with E-state index in [1.165, 1.54) is 12.8 Å². The van der Waals surface area contributed by atoms with Gasteiger partial charge in [0, 0.05) is 19.1 Å². The number of likely N-dealkylation sites (N-methyl/N-ethyl adjacent to an activating group) is 1. The van der Waals surface area contributed by atoms with Crippen LogP contribution in [0.25, 0.3) is 0 Å². The number of carbonyl (C=O) groups is 1. The Morgan fingerprint density at radius 1 is 1.47 bits per heavy atom. The van der Waals surface area contributed by atoms with Gasteiger partial charge in [0.1, 0.15) is 0 Å². The van der Waals surface area contributed by atoms with Gasteiger partial charge in [-0.15, -0.1) is 0 Å². The third-order valence-electron chi connectivity index (χ3n) is 3.80. The zero-order valence-corrected chi connectivity index (χ0v) is 11.8. The van der Waals surface area contributed by atoms with Crippen LogP contribution in [0.4, 0.5) is 5.69 Å². The summed E-state index contributed by atoms with van der Waals surface area (Å²) in [4.78, 5) is 14.0. The summed E-state index contributed by atoms with van der Waals surface area (Å²) in [5.74, 6) is -0.344. The average molecular weight is 261 g/mol. The van der Waals surface area contributed by atoms with Crippen LogP contribution in [-0.2, 0) is 0 Å². The van der Waals surface area contributed by atoms with E-state index in [0.29, 0.717) is 11.6 Å². The van der Waals surface area contributed by atoms with E-state index in [2.05, 4.69) is 16.3 Å². The highest BCUT2D eigenvalue weighted by molar-refractivity contribution is 5.98. The number of benzene rings is 1. The van der Waals surface area contributed by atoms with Crippen molar-refractivity contribution in [3.05, 3.63) is 29.3 Å². The summed E-state index contributed by atoms with van der Waals surface area (Å²) in [6.07, 6.45) is 3.58. The van der Waals surface area contributed by atoms with Gasteiger partial charge in [0.05, 0.1) is 11.3 Å². The van der Waals surface area contributed by atoms with Gasteiger partial charge in [0.25, 0.3) is 5.91 Å². The molecule has 1 aliphatic heterocycles. The Morgan fingerprint density at radius 3 is 2.95 bits per heavy atom. The number of hydrogen-bond acceptors (Lipinski definition) is 3. The minimum Gasteiger partial charge on any atom is -0.367 e. The highest BCUT2D eigenvalue weighted by Crippen LogP contribution is 2.28. The van der Waals surface area contributed by atoms with E-state index in [1.807, 2.05) is 26.1 Å². The lowest BCUT2D eigenvalue weighted by Crippen LogP contribution is -2.45. The van der Waals surface area contributed by atoms with Gasteiger partial charge in [-0.05, 0) is 50.9 Å². The number of primary amides is 1. The van der Waals surface area contributed by atoms with Gasteiger partial charge >= 0.3 is 0 Å². The fourth-order valence-corrected chi connectivity index (χ4v) is 2.85. The Labute approximate surface area is 115 Å². The molecule has 4 heteroatoms. The maximum absolute atomic E-state index is 11.6. The molecule has 1 amide bonds. The second-order valence-corrected chi connectivity index (χ2v) is 5.29. The number of nitrogens with two attached hydrogens (primary N) is 1. The van der Waals surface area contributed by atoms with Crippen LogP contribution < -0.4 is 16.0 Å². The van der Waals surface area contributed by atoms with Gasteiger partial charge in [0.15, 0.2) is 0 Å². The predicted molar refractivity (Wildman–Crippen MR) is 78.6 cm³/mol. The lowest BCUT2D eigenvalue weighted by atomic mass is 9.98. The minimum atomic E-state index is -0.344. The van der Waals surface area contributed by atoms with E-state index < -0.39 is 0 Å². The molecule has 4 nitrogen and oxygen atoms in total.